The van der Waals surface area contributed by atoms with E-state index in [-0.39, 0.29) is 24.3 Å². The third kappa shape index (κ3) is 5.10. The van der Waals surface area contributed by atoms with Crippen LogP contribution in [0.25, 0.3) is 10.9 Å². The zero-order chi connectivity index (χ0) is 19.6. The molecule has 0 radical (unpaired) electrons. The molecule has 2 aromatic rings. The number of para-hydroxylation sites is 1. The van der Waals surface area contributed by atoms with Crippen molar-refractivity contribution in [1.29, 1.82) is 5.26 Å². The van der Waals surface area contributed by atoms with Gasteiger partial charge in [-0.05, 0) is 18.6 Å². The molecule has 0 aliphatic heterocycles. The first-order chi connectivity index (χ1) is 13.1. The first-order valence-corrected chi connectivity index (χ1v) is 9.61. The lowest BCUT2D eigenvalue weighted by Gasteiger charge is -2.14. The molecule has 1 amide bonds. The highest BCUT2D eigenvalue weighted by Crippen LogP contribution is 2.26. The highest BCUT2D eigenvalue weighted by atomic mass is 16.3. The van der Waals surface area contributed by atoms with E-state index in [0.29, 0.717) is 17.4 Å². The fourth-order valence-corrected chi connectivity index (χ4v) is 3.17. The number of rotatable bonds is 10. The smallest absolute Gasteiger partial charge is 0.267 e. The molecule has 2 rings (SSSR count). The summed E-state index contributed by atoms with van der Waals surface area (Å²) in [7, 11) is 0. The second-order valence-electron chi connectivity index (χ2n) is 6.63. The second-order valence-corrected chi connectivity index (χ2v) is 6.63. The summed E-state index contributed by atoms with van der Waals surface area (Å²) in [4.78, 5) is 25.3. The van der Waals surface area contributed by atoms with Crippen molar-refractivity contribution >= 4 is 16.8 Å². The van der Waals surface area contributed by atoms with Gasteiger partial charge in [0.2, 0.25) is 0 Å². The predicted molar refractivity (Wildman–Crippen MR) is 106 cm³/mol. The molecule has 6 nitrogen and oxygen atoms in total. The molecule has 0 bridgehead atoms. The predicted octanol–water partition coefficient (Wildman–Crippen LogP) is 3.71. The largest absolute Gasteiger partial charge is 0.506 e. The summed E-state index contributed by atoms with van der Waals surface area (Å²) in [5.41, 5.74) is -0.303. The summed E-state index contributed by atoms with van der Waals surface area (Å²) in [6.45, 7) is 2.81. The summed E-state index contributed by atoms with van der Waals surface area (Å²) in [6, 6.07) is 8.86. The summed E-state index contributed by atoms with van der Waals surface area (Å²) < 4.78 is 1.39. The number of benzene rings is 1. The van der Waals surface area contributed by atoms with Crippen LogP contribution in [0.4, 0.5) is 0 Å². The number of pyridine rings is 1. The number of aryl methyl sites for hydroxylation is 1. The number of fused-ring (bicyclic) bond motifs is 1. The van der Waals surface area contributed by atoms with Gasteiger partial charge in [-0.3, -0.25) is 9.59 Å². The van der Waals surface area contributed by atoms with Gasteiger partial charge < -0.3 is 15.0 Å². The Labute approximate surface area is 159 Å². The van der Waals surface area contributed by atoms with Crippen molar-refractivity contribution in [2.24, 2.45) is 0 Å². The van der Waals surface area contributed by atoms with Gasteiger partial charge in [0.25, 0.3) is 11.5 Å². The summed E-state index contributed by atoms with van der Waals surface area (Å²) in [5.74, 6) is -0.869. The van der Waals surface area contributed by atoms with Gasteiger partial charge >= 0.3 is 0 Å². The van der Waals surface area contributed by atoms with Crippen LogP contribution in [0.3, 0.4) is 0 Å². The van der Waals surface area contributed by atoms with Gasteiger partial charge in [-0.15, -0.1) is 0 Å². The Balaban J connectivity index is 2.18. The molecular weight excluding hydrogens is 342 g/mol. The summed E-state index contributed by atoms with van der Waals surface area (Å²) in [5, 5.41) is 22.5. The highest BCUT2D eigenvalue weighted by molar-refractivity contribution is 6.02. The lowest BCUT2D eigenvalue weighted by molar-refractivity contribution is 0.0948. The van der Waals surface area contributed by atoms with Crippen molar-refractivity contribution in [3.05, 3.63) is 40.2 Å². The number of nitriles is 1. The van der Waals surface area contributed by atoms with Gasteiger partial charge in [-0.25, -0.2) is 0 Å². The van der Waals surface area contributed by atoms with Crippen LogP contribution in [0.5, 0.6) is 5.75 Å². The van der Waals surface area contributed by atoms with Crippen LogP contribution < -0.4 is 10.9 Å². The zero-order valence-corrected chi connectivity index (χ0v) is 15.8. The Morgan fingerprint density at radius 3 is 2.63 bits per heavy atom. The maximum atomic E-state index is 12.8. The SMILES string of the molecule is CCCCCCCCNC(=O)c1c(O)c2ccccc2n(CCC#N)c1=O. The monoisotopic (exact) mass is 369 g/mol. The van der Waals surface area contributed by atoms with Crippen LogP contribution in [0, 0.1) is 11.3 Å². The molecular formula is C21H27N3O3. The van der Waals surface area contributed by atoms with E-state index in [4.69, 9.17) is 5.26 Å². The van der Waals surface area contributed by atoms with Gasteiger partial charge in [0.1, 0.15) is 11.3 Å². The van der Waals surface area contributed by atoms with Crippen molar-refractivity contribution in [2.45, 2.75) is 58.4 Å². The molecule has 0 spiro atoms. The lowest BCUT2D eigenvalue weighted by Crippen LogP contribution is -2.34. The van der Waals surface area contributed by atoms with Gasteiger partial charge in [0.15, 0.2) is 0 Å². The van der Waals surface area contributed by atoms with Crippen LogP contribution in [0.15, 0.2) is 29.1 Å². The number of carbonyl (C=O) groups excluding carboxylic acids is 1. The molecule has 0 atom stereocenters. The Bertz CT molecular complexity index is 881. The van der Waals surface area contributed by atoms with Crippen molar-refractivity contribution in [1.82, 2.24) is 9.88 Å². The molecule has 0 fully saturated rings. The van der Waals surface area contributed by atoms with E-state index in [9.17, 15) is 14.7 Å². The Morgan fingerprint density at radius 2 is 1.89 bits per heavy atom. The first-order valence-electron chi connectivity index (χ1n) is 9.61. The average Bonchev–Trinajstić information content (AvgIpc) is 2.67. The minimum atomic E-state index is -0.568. The van der Waals surface area contributed by atoms with E-state index in [0.717, 1.165) is 19.3 Å². The van der Waals surface area contributed by atoms with Gasteiger partial charge in [-0.1, -0.05) is 51.2 Å². The van der Waals surface area contributed by atoms with Crippen molar-refractivity contribution in [2.75, 3.05) is 6.54 Å². The van der Waals surface area contributed by atoms with Crippen LogP contribution in [0.2, 0.25) is 0 Å². The van der Waals surface area contributed by atoms with E-state index in [1.54, 1.807) is 24.3 Å². The minimum Gasteiger partial charge on any atom is -0.506 e. The Morgan fingerprint density at radius 1 is 1.19 bits per heavy atom. The number of aromatic hydroxyl groups is 1. The maximum Gasteiger partial charge on any atom is 0.267 e. The Hall–Kier alpha value is -2.81. The second kappa shape index (κ2) is 10.4. The third-order valence-corrected chi connectivity index (χ3v) is 4.64. The number of hydrogen-bond acceptors (Lipinski definition) is 4. The van der Waals surface area contributed by atoms with Crippen LogP contribution >= 0.6 is 0 Å². The molecule has 0 aliphatic carbocycles. The molecule has 27 heavy (non-hydrogen) atoms. The van der Waals surface area contributed by atoms with E-state index in [1.807, 2.05) is 6.07 Å². The number of hydrogen-bond donors (Lipinski definition) is 2. The molecule has 2 N–H and O–H groups in total. The molecule has 0 aliphatic rings. The molecule has 0 saturated carbocycles. The maximum absolute atomic E-state index is 12.8. The molecule has 144 valence electrons. The number of nitrogens with zero attached hydrogens (tertiary/aromatic N) is 2. The van der Waals surface area contributed by atoms with Gasteiger partial charge in [0.05, 0.1) is 18.0 Å². The van der Waals surface area contributed by atoms with Crippen LogP contribution in [-0.4, -0.2) is 22.1 Å². The number of nitrogens with one attached hydrogen (secondary N) is 1. The molecule has 6 heteroatoms. The Kier molecular flexibility index (Phi) is 7.87. The van der Waals surface area contributed by atoms with E-state index < -0.39 is 11.5 Å². The first kappa shape index (κ1) is 20.5. The quantitative estimate of drug-likeness (QED) is 0.624. The van der Waals surface area contributed by atoms with Crippen LogP contribution in [-0.2, 0) is 6.54 Å². The topological polar surface area (TPSA) is 95.1 Å². The minimum absolute atomic E-state index is 0.146. The van der Waals surface area contributed by atoms with Crippen molar-refractivity contribution in [3.8, 4) is 11.8 Å². The molecule has 0 saturated heterocycles. The zero-order valence-electron chi connectivity index (χ0n) is 15.8. The lowest BCUT2D eigenvalue weighted by atomic mass is 10.1. The standard InChI is InChI=1S/C21H27N3O3/c1-2-3-4-5-6-9-14-23-20(26)18-19(25)16-11-7-8-12-17(16)24(21(18)27)15-10-13-22/h7-8,11-12,25H,2-6,9-10,14-15H2,1H3,(H,23,26). The summed E-state index contributed by atoms with van der Waals surface area (Å²) in [6.07, 6.45) is 6.75. The fraction of sp³-hybridized carbons (Fsp3) is 0.476. The van der Waals surface area contributed by atoms with Gasteiger partial charge in [0, 0.05) is 18.5 Å². The number of aromatic nitrogens is 1. The molecule has 1 aromatic heterocycles. The van der Waals surface area contributed by atoms with E-state index >= 15 is 0 Å². The normalized spacial score (nSPS) is 10.7. The van der Waals surface area contributed by atoms with E-state index in [2.05, 4.69) is 12.2 Å². The van der Waals surface area contributed by atoms with Crippen LogP contribution in [0.1, 0.15) is 62.2 Å². The van der Waals surface area contributed by atoms with E-state index in [1.165, 1.54) is 23.8 Å². The molecule has 1 aromatic carbocycles. The number of amides is 1. The highest BCUT2D eigenvalue weighted by Gasteiger charge is 2.21. The van der Waals surface area contributed by atoms with Crippen molar-refractivity contribution < 1.29 is 9.90 Å². The van der Waals surface area contributed by atoms with Crippen molar-refractivity contribution in [3.63, 3.8) is 0 Å². The average molecular weight is 369 g/mol. The van der Waals surface area contributed by atoms with Gasteiger partial charge in [-0.2, -0.15) is 5.26 Å². The molecule has 0 unspecified atom stereocenters. The number of unbranched alkanes of at least 4 members (excludes halogenated alkanes) is 5. The fourth-order valence-electron chi connectivity index (χ4n) is 3.17. The molecule has 1 heterocycles. The third-order valence-electron chi connectivity index (χ3n) is 4.64. The summed E-state index contributed by atoms with van der Waals surface area (Å²) >= 11 is 0. The number of carbonyl (C=O) groups is 1.